The standard InChI is InChI=1S/C3H5N3OS2/c4-1-2(7)6(5)3(8)9-1/h1H,4-5H2. The van der Waals surface area contributed by atoms with Crippen LogP contribution in [0.3, 0.4) is 0 Å². The number of hydrogen-bond acceptors (Lipinski definition) is 5. The first-order valence-electron chi connectivity index (χ1n) is 2.18. The molecule has 0 radical (unpaired) electrons. The molecule has 1 amide bonds. The van der Waals surface area contributed by atoms with Gasteiger partial charge in [-0.25, -0.2) is 10.9 Å². The molecule has 1 fully saturated rings. The maximum Gasteiger partial charge on any atom is 0.270 e. The van der Waals surface area contributed by atoms with Crippen LogP contribution in [0.15, 0.2) is 0 Å². The van der Waals surface area contributed by atoms with Gasteiger partial charge in [0.05, 0.1) is 0 Å². The zero-order valence-electron chi connectivity index (χ0n) is 4.40. The lowest BCUT2D eigenvalue weighted by molar-refractivity contribution is -0.126. The van der Waals surface area contributed by atoms with Crippen molar-refractivity contribution in [2.45, 2.75) is 5.37 Å². The number of nitrogens with zero attached hydrogens (tertiary/aromatic N) is 1. The minimum atomic E-state index is -0.595. The van der Waals surface area contributed by atoms with Crippen molar-refractivity contribution in [3.63, 3.8) is 0 Å². The fourth-order valence-electron chi connectivity index (χ4n) is 0.443. The average Bonchev–Trinajstić information content (AvgIpc) is 1.98. The van der Waals surface area contributed by atoms with E-state index in [-0.39, 0.29) is 5.91 Å². The maximum absolute atomic E-state index is 10.7. The molecule has 4 N–H and O–H groups in total. The first-order chi connectivity index (χ1) is 4.13. The molecular formula is C3H5N3OS2. The molecule has 0 aliphatic carbocycles. The molecular weight excluding hydrogens is 158 g/mol. The van der Waals surface area contributed by atoms with Crippen LogP contribution in [0.25, 0.3) is 0 Å². The third-order valence-electron chi connectivity index (χ3n) is 0.905. The molecule has 1 unspecified atom stereocenters. The van der Waals surface area contributed by atoms with E-state index < -0.39 is 5.37 Å². The Labute approximate surface area is 61.5 Å². The van der Waals surface area contributed by atoms with E-state index in [1.165, 1.54) is 0 Å². The number of hydrazine groups is 1. The molecule has 0 aromatic rings. The Morgan fingerprint density at radius 1 is 1.78 bits per heavy atom. The van der Waals surface area contributed by atoms with Crippen LogP contribution in [0, 0.1) is 0 Å². The Kier molecular flexibility index (Phi) is 1.71. The molecule has 1 saturated heterocycles. The van der Waals surface area contributed by atoms with Crippen molar-refractivity contribution in [1.29, 1.82) is 0 Å². The Morgan fingerprint density at radius 2 is 2.33 bits per heavy atom. The van der Waals surface area contributed by atoms with E-state index in [0.717, 1.165) is 16.8 Å². The van der Waals surface area contributed by atoms with Crippen LogP contribution >= 0.6 is 24.0 Å². The quantitative estimate of drug-likeness (QED) is 0.272. The molecule has 1 heterocycles. The number of carbonyl (C=O) groups excluding carboxylic acids is 1. The van der Waals surface area contributed by atoms with Crippen molar-refractivity contribution in [1.82, 2.24) is 5.01 Å². The molecule has 1 aliphatic heterocycles. The van der Waals surface area contributed by atoms with Gasteiger partial charge in [-0.05, 0) is 0 Å². The van der Waals surface area contributed by atoms with Gasteiger partial charge < -0.3 is 5.73 Å². The van der Waals surface area contributed by atoms with Crippen molar-refractivity contribution >= 4 is 34.2 Å². The third kappa shape index (κ3) is 1.06. The summed E-state index contributed by atoms with van der Waals surface area (Å²) in [5.41, 5.74) is 5.26. The third-order valence-corrected chi connectivity index (χ3v) is 2.24. The van der Waals surface area contributed by atoms with Gasteiger partial charge >= 0.3 is 0 Å². The summed E-state index contributed by atoms with van der Waals surface area (Å²) in [6.45, 7) is 0. The Hall–Kier alpha value is -0.170. The second-order valence-electron chi connectivity index (χ2n) is 1.51. The average molecular weight is 163 g/mol. The van der Waals surface area contributed by atoms with E-state index in [2.05, 4.69) is 12.2 Å². The molecule has 1 aliphatic rings. The van der Waals surface area contributed by atoms with Crippen molar-refractivity contribution in [2.24, 2.45) is 11.6 Å². The molecule has 0 spiro atoms. The fourth-order valence-corrected chi connectivity index (χ4v) is 1.48. The zero-order chi connectivity index (χ0) is 7.02. The number of hydrogen-bond donors (Lipinski definition) is 2. The minimum Gasteiger partial charge on any atom is -0.311 e. The highest BCUT2D eigenvalue weighted by Gasteiger charge is 2.31. The molecule has 0 bridgehead atoms. The summed E-state index contributed by atoms with van der Waals surface area (Å²) in [5, 5.41) is 0.299. The molecule has 1 rings (SSSR count). The highest BCUT2D eigenvalue weighted by molar-refractivity contribution is 8.24. The number of rotatable bonds is 0. The van der Waals surface area contributed by atoms with Crippen molar-refractivity contribution < 1.29 is 4.79 Å². The highest BCUT2D eigenvalue weighted by Crippen LogP contribution is 2.19. The highest BCUT2D eigenvalue weighted by atomic mass is 32.2. The Morgan fingerprint density at radius 3 is 2.44 bits per heavy atom. The van der Waals surface area contributed by atoms with Crippen molar-refractivity contribution in [2.75, 3.05) is 0 Å². The minimum absolute atomic E-state index is 0.329. The first-order valence-corrected chi connectivity index (χ1v) is 3.46. The normalized spacial score (nSPS) is 27.8. The van der Waals surface area contributed by atoms with E-state index in [1.54, 1.807) is 0 Å². The summed E-state index contributed by atoms with van der Waals surface area (Å²) in [5.74, 6) is 4.83. The van der Waals surface area contributed by atoms with Gasteiger partial charge in [0.15, 0.2) is 4.32 Å². The molecule has 9 heavy (non-hydrogen) atoms. The lowest BCUT2D eigenvalue weighted by atomic mass is 10.6. The van der Waals surface area contributed by atoms with E-state index >= 15 is 0 Å². The van der Waals surface area contributed by atoms with Gasteiger partial charge in [0, 0.05) is 0 Å². The smallest absolute Gasteiger partial charge is 0.270 e. The van der Waals surface area contributed by atoms with E-state index in [0.29, 0.717) is 4.32 Å². The second-order valence-corrected chi connectivity index (χ2v) is 3.29. The van der Waals surface area contributed by atoms with Crippen LogP contribution in [0.5, 0.6) is 0 Å². The molecule has 50 valence electrons. The van der Waals surface area contributed by atoms with Gasteiger partial charge in [0.2, 0.25) is 0 Å². The van der Waals surface area contributed by atoms with Gasteiger partial charge in [-0.2, -0.15) is 0 Å². The molecule has 6 heteroatoms. The SMILES string of the molecule is NC1SC(=S)N(N)C1=O. The second kappa shape index (κ2) is 2.22. The van der Waals surface area contributed by atoms with Crippen LogP contribution in [-0.4, -0.2) is 20.6 Å². The summed E-state index contributed by atoms with van der Waals surface area (Å²) in [6.07, 6.45) is 0. The predicted molar refractivity (Wildman–Crippen MR) is 39.2 cm³/mol. The molecule has 0 saturated carbocycles. The molecule has 0 aromatic heterocycles. The van der Waals surface area contributed by atoms with E-state index in [4.69, 9.17) is 11.6 Å². The van der Waals surface area contributed by atoms with E-state index in [9.17, 15) is 4.79 Å². The first kappa shape index (κ1) is 6.94. The fraction of sp³-hybridized carbons (Fsp3) is 0.333. The van der Waals surface area contributed by atoms with Crippen LogP contribution in [0.2, 0.25) is 0 Å². The van der Waals surface area contributed by atoms with Gasteiger partial charge in [-0.15, -0.1) is 0 Å². The van der Waals surface area contributed by atoms with Gasteiger partial charge in [0.1, 0.15) is 5.37 Å². The van der Waals surface area contributed by atoms with Gasteiger partial charge in [-0.1, -0.05) is 24.0 Å². The largest absolute Gasteiger partial charge is 0.311 e. The van der Waals surface area contributed by atoms with Crippen LogP contribution in [0.4, 0.5) is 0 Å². The van der Waals surface area contributed by atoms with Crippen LogP contribution in [0.1, 0.15) is 0 Å². The lowest BCUT2D eigenvalue weighted by Crippen LogP contribution is -2.39. The molecule has 1 atom stereocenters. The van der Waals surface area contributed by atoms with Crippen molar-refractivity contribution in [3.8, 4) is 0 Å². The number of carbonyl (C=O) groups is 1. The maximum atomic E-state index is 10.7. The molecule has 4 nitrogen and oxygen atoms in total. The molecule has 0 aromatic carbocycles. The van der Waals surface area contributed by atoms with Gasteiger partial charge in [0.25, 0.3) is 5.91 Å². The van der Waals surface area contributed by atoms with E-state index in [1.807, 2.05) is 0 Å². The summed E-state index contributed by atoms with van der Waals surface area (Å²) >= 11 is 5.76. The van der Waals surface area contributed by atoms with Crippen molar-refractivity contribution in [3.05, 3.63) is 0 Å². The summed E-state index contributed by atoms with van der Waals surface area (Å²) < 4.78 is 0.340. The monoisotopic (exact) mass is 163 g/mol. The number of thioether (sulfide) groups is 1. The lowest BCUT2D eigenvalue weighted by Gasteiger charge is -2.03. The van der Waals surface area contributed by atoms with Crippen LogP contribution < -0.4 is 11.6 Å². The zero-order valence-corrected chi connectivity index (χ0v) is 6.04. The Balaban J connectivity index is 2.77. The summed E-state index contributed by atoms with van der Waals surface area (Å²) in [6, 6.07) is 0. The topological polar surface area (TPSA) is 72.3 Å². The van der Waals surface area contributed by atoms with Crippen LogP contribution in [-0.2, 0) is 4.79 Å². The number of amides is 1. The summed E-state index contributed by atoms with van der Waals surface area (Å²) in [7, 11) is 0. The Bertz CT molecular complexity index is 170. The number of thiocarbonyl (C=S) groups is 1. The number of nitrogens with two attached hydrogens (primary N) is 2. The predicted octanol–water partition coefficient (Wildman–Crippen LogP) is -0.995. The van der Waals surface area contributed by atoms with Gasteiger partial charge in [-0.3, -0.25) is 4.79 Å². The summed E-state index contributed by atoms with van der Waals surface area (Å²) in [4.78, 5) is 10.7.